The third kappa shape index (κ3) is 4.94. The Morgan fingerprint density at radius 2 is 1.14 bits per heavy atom. The molecule has 0 aliphatic carbocycles. The first kappa shape index (κ1) is 19.1. The molecule has 28 heavy (non-hydrogen) atoms. The van der Waals surface area contributed by atoms with E-state index >= 15 is 0 Å². The lowest BCUT2D eigenvalue weighted by molar-refractivity contribution is 0.0499. The van der Waals surface area contributed by atoms with Gasteiger partial charge >= 0.3 is 11.9 Å². The number of nitrogen functional groups attached to an aromatic ring is 1. The minimum absolute atomic E-state index is 0.131. The fourth-order valence-electron chi connectivity index (χ4n) is 2.49. The monoisotopic (exact) mass is 380 g/mol. The van der Waals surface area contributed by atoms with E-state index in [0.717, 1.165) is 0 Å². The molecule has 0 atom stereocenters. The molecule has 8 heteroatoms. The number of hydrogen-bond donors (Lipinski definition) is 1. The van der Waals surface area contributed by atoms with Crippen molar-refractivity contribution < 1.29 is 19.1 Å². The zero-order valence-corrected chi connectivity index (χ0v) is 15.2. The lowest BCUT2D eigenvalue weighted by Gasteiger charge is -2.06. The number of benzene rings is 2. The van der Waals surface area contributed by atoms with Crippen molar-refractivity contribution in [2.45, 2.75) is 12.8 Å². The van der Waals surface area contributed by atoms with Crippen LogP contribution < -0.4 is 5.84 Å². The number of nitrogens with zero attached hydrogens (tertiary/aromatic N) is 3. The van der Waals surface area contributed by atoms with Gasteiger partial charge in [0.15, 0.2) is 11.6 Å². The molecule has 3 rings (SSSR count). The van der Waals surface area contributed by atoms with Gasteiger partial charge in [0, 0.05) is 12.8 Å². The predicted octanol–water partition coefficient (Wildman–Crippen LogP) is 1.79. The molecule has 0 saturated carbocycles. The molecule has 144 valence electrons. The standard InChI is InChI=1S/C20H20N4O4/c21-24-17(11-13-27-19(25)15-7-3-1-4-8-15)22-23-18(24)12-14-28-20(26)16-9-5-2-6-10-16/h1-10H,11-14,21H2. The SMILES string of the molecule is Nn1c(CCOC(=O)c2ccccc2)nnc1CCOC(=O)c1ccccc1. The van der Waals surface area contributed by atoms with Crippen LogP contribution in [0.5, 0.6) is 0 Å². The number of ether oxygens (including phenoxy) is 2. The second-order valence-corrected chi connectivity index (χ2v) is 5.91. The van der Waals surface area contributed by atoms with Crippen LogP contribution in [-0.2, 0) is 22.3 Å². The average molecular weight is 380 g/mol. The molecule has 3 aromatic rings. The second-order valence-electron chi connectivity index (χ2n) is 5.91. The number of aromatic nitrogens is 3. The molecule has 1 heterocycles. The van der Waals surface area contributed by atoms with Gasteiger partial charge in [-0.05, 0) is 24.3 Å². The van der Waals surface area contributed by atoms with Crippen molar-refractivity contribution in [2.75, 3.05) is 19.1 Å². The molecule has 0 aliphatic rings. The van der Waals surface area contributed by atoms with Crippen LogP contribution >= 0.6 is 0 Å². The summed E-state index contributed by atoms with van der Waals surface area (Å²) in [6, 6.07) is 17.5. The van der Waals surface area contributed by atoms with Gasteiger partial charge in [-0.25, -0.2) is 14.3 Å². The Hall–Kier alpha value is -3.68. The smallest absolute Gasteiger partial charge is 0.338 e. The van der Waals surface area contributed by atoms with Gasteiger partial charge in [0.2, 0.25) is 0 Å². The molecular weight excluding hydrogens is 360 g/mol. The summed E-state index contributed by atoms with van der Waals surface area (Å²) < 4.78 is 11.8. The zero-order chi connectivity index (χ0) is 19.8. The molecule has 0 unspecified atom stereocenters. The maximum atomic E-state index is 11.9. The summed E-state index contributed by atoms with van der Waals surface area (Å²) >= 11 is 0. The predicted molar refractivity (Wildman–Crippen MR) is 101 cm³/mol. The van der Waals surface area contributed by atoms with Gasteiger partial charge in [-0.2, -0.15) is 0 Å². The summed E-state index contributed by atoms with van der Waals surface area (Å²) in [6.45, 7) is 0.262. The molecule has 8 nitrogen and oxygen atoms in total. The molecule has 2 N–H and O–H groups in total. The lowest BCUT2D eigenvalue weighted by atomic mass is 10.2. The Bertz CT molecular complexity index is 851. The summed E-state index contributed by atoms with van der Waals surface area (Å²) in [4.78, 5) is 23.8. The summed E-state index contributed by atoms with van der Waals surface area (Å²) in [6.07, 6.45) is 0.651. The van der Waals surface area contributed by atoms with Crippen molar-refractivity contribution in [1.82, 2.24) is 14.9 Å². The second kappa shape index (κ2) is 9.31. The van der Waals surface area contributed by atoms with Crippen LogP contribution in [0.15, 0.2) is 60.7 Å². The Morgan fingerprint density at radius 3 is 1.54 bits per heavy atom. The van der Waals surface area contributed by atoms with E-state index in [9.17, 15) is 9.59 Å². The van der Waals surface area contributed by atoms with Crippen LogP contribution in [0.3, 0.4) is 0 Å². The van der Waals surface area contributed by atoms with E-state index in [0.29, 0.717) is 35.6 Å². The van der Waals surface area contributed by atoms with Gasteiger partial charge in [-0.3, -0.25) is 0 Å². The molecule has 0 amide bonds. The van der Waals surface area contributed by atoms with E-state index < -0.39 is 11.9 Å². The van der Waals surface area contributed by atoms with Crippen molar-refractivity contribution in [3.63, 3.8) is 0 Å². The number of rotatable bonds is 8. The van der Waals surface area contributed by atoms with E-state index in [4.69, 9.17) is 15.3 Å². The maximum Gasteiger partial charge on any atom is 0.338 e. The van der Waals surface area contributed by atoms with Crippen molar-refractivity contribution in [2.24, 2.45) is 0 Å². The Labute approximate surface area is 161 Å². The van der Waals surface area contributed by atoms with Gasteiger partial charge in [0.05, 0.1) is 24.3 Å². The third-order valence-corrected chi connectivity index (χ3v) is 3.97. The quantitative estimate of drug-likeness (QED) is 0.469. The molecule has 0 fully saturated rings. The Balaban J connectivity index is 1.44. The van der Waals surface area contributed by atoms with E-state index in [2.05, 4.69) is 10.2 Å². The summed E-state index contributed by atoms with van der Waals surface area (Å²) in [5.41, 5.74) is 0.968. The first-order chi connectivity index (χ1) is 13.6. The molecule has 0 saturated heterocycles. The van der Waals surface area contributed by atoms with Gasteiger partial charge in [-0.1, -0.05) is 36.4 Å². The van der Waals surface area contributed by atoms with Gasteiger partial charge in [-0.15, -0.1) is 10.2 Å². The van der Waals surface area contributed by atoms with Gasteiger partial charge < -0.3 is 15.3 Å². The normalized spacial score (nSPS) is 10.4. The molecule has 0 bridgehead atoms. The van der Waals surface area contributed by atoms with Crippen LogP contribution in [0.1, 0.15) is 32.4 Å². The summed E-state index contributed by atoms with van der Waals surface area (Å²) in [5, 5.41) is 7.99. The first-order valence-corrected chi connectivity index (χ1v) is 8.77. The lowest BCUT2D eigenvalue weighted by Crippen LogP contribution is -2.20. The molecule has 0 aliphatic heterocycles. The van der Waals surface area contributed by atoms with Crippen LogP contribution in [0.2, 0.25) is 0 Å². The van der Waals surface area contributed by atoms with E-state index in [1.165, 1.54) is 4.68 Å². The zero-order valence-electron chi connectivity index (χ0n) is 15.2. The van der Waals surface area contributed by atoms with Crippen LogP contribution in [0.25, 0.3) is 0 Å². The van der Waals surface area contributed by atoms with Crippen LogP contribution in [-0.4, -0.2) is 40.0 Å². The van der Waals surface area contributed by atoms with E-state index in [1.54, 1.807) is 48.5 Å². The Kier molecular flexibility index (Phi) is 6.35. The molecule has 0 spiro atoms. The third-order valence-electron chi connectivity index (χ3n) is 3.97. The van der Waals surface area contributed by atoms with Gasteiger partial charge in [0.25, 0.3) is 0 Å². The van der Waals surface area contributed by atoms with E-state index in [1.807, 2.05) is 12.1 Å². The minimum Gasteiger partial charge on any atom is -0.462 e. The van der Waals surface area contributed by atoms with E-state index in [-0.39, 0.29) is 13.2 Å². The number of nitrogens with two attached hydrogens (primary N) is 1. The highest BCUT2D eigenvalue weighted by molar-refractivity contribution is 5.89. The average Bonchev–Trinajstić information content (AvgIpc) is 3.09. The topological polar surface area (TPSA) is 109 Å². The highest BCUT2D eigenvalue weighted by Crippen LogP contribution is 2.05. The van der Waals surface area contributed by atoms with Crippen LogP contribution in [0.4, 0.5) is 0 Å². The van der Waals surface area contributed by atoms with Crippen molar-refractivity contribution in [3.8, 4) is 0 Å². The minimum atomic E-state index is -0.406. The first-order valence-electron chi connectivity index (χ1n) is 8.77. The van der Waals surface area contributed by atoms with Crippen LogP contribution in [0, 0.1) is 0 Å². The highest BCUT2D eigenvalue weighted by atomic mass is 16.5. The number of esters is 2. The largest absolute Gasteiger partial charge is 0.462 e. The number of hydrogen-bond acceptors (Lipinski definition) is 7. The fourth-order valence-corrected chi connectivity index (χ4v) is 2.49. The Morgan fingerprint density at radius 1 is 0.750 bits per heavy atom. The summed E-state index contributed by atoms with van der Waals surface area (Å²) in [5.74, 6) is 6.11. The summed E-state index contributed by atoms with van der Waals surface area (Å²) in [7, 11) is 0. The number of carbonyl (C=O) groups excluding carboxylic acids is 2. The maximum absolute atomic E-state index is 11.9. The fraction of sp³-hybridized carbons (Fsp3) is 0.200. The van der Waals surface area contributed by atoms with Crippen molar-refractivity contribution in [3.05, 3.63) is 83.4 Å². The highest BCUT2D eigenvalue weighted by Gasteiger charge is 2.13. The van der Waals surface area contributed by atoms with Crippen molar-refractivity contribution in [1.29, 1.82) is 0 Å². The molecule has 2 aromatic carbocycles. The van der Waals surface area contributed by atoms with Crippen molar-refractivity contribution >= 4 is 11.9 Å². The van der Waals surface area contributed by atoms with Gasteiger partial charge in [0.1, 0.15) is 0 Å². The number of carbonyl (C=O) groups is 2. The molecular formula is C20H20N4O4. The molecule has 0 radical (unpaired) electrons. The molecule has 1 aromatic heterocycles.